The molecule has 1 amide bonds. The topological polar surface area (TPSA) is 32.8 Å². The Labute approximate surface area is 158 Å². The molecule has 4 heteroatoms. The lowest BCUT2D eigenvalue weighted by Gasteiger charge is -2.36. The third-order valence-corrected chi connectivity index (χ3v) is 6.17. The molecule has 0 bridgehead atoms. The molecule has 1 aromatic carbocycles. The van der Waals surface area contributed by atoms with Gasteiger partial charge in [0.1, 0.15) is 5.75 Å². The van der Waals surface area contributed by atoms with Crippen LogP contribution in [-0.2, 0) is 11.2 Å². The summed E-state index contributed by atoms with van der Waals surface area (Å²) < 4.78 is 5.49. The monoisotopic (exact) mass is 358 g/mol. The van der Waals surface area contributed by atoms with Gasteiger partial charge in [-0.3, -0.25) is 9.69 Å². The van der Waals surface area contributed by atoms with E-state index in [4.69, 9.17) is 4.74 Å². The highest BCUT2D eigenvalue weighted by atomic mass is 16.5. The lowest BCUT2D eigenvalue weighted by Crippen LogP contribution is -2.49. The quantitative estimate of drug-likeness (QED) is 0.804. The second-order valence-corrected chi connectivity index (χ2v) is 7.91. The zero-order chi connectivity index (χ0) is 18.4. The van der Waals surface area contributed by atoms with E-state index in [1.165, 1.54) is 31.2 Å². The summed E-state index contributed by atoms with van der Waals surface area (Å²) in [5.74, 6) is 1.97. The molecule has 4 nitrogen and oxygen atoms in total. The maximum Gasteiger partial charge on any atom is 0.239 e. The highest BCUT2D eigenvalue weighted by molar-refractivity contribution is 5.81. The van der Waals surface area contributed by atoms with E-state index in [1.807, 2.05) is 12.1 Å². The molecule has 0 saturated carbocycles. The number of hydrogen-bond donors (Lipinski definition) is 0. The molecule has 2 saturated heterocycles. The van der Waals surface area contributed by atoms with Gasteiger partial charge < -0.3 is 9.64 Å². The Balaban J connectivity index is 1.50. The highest BCUT2D eigenvalue weighted by Crippen LogP contribution is 2.27. The van der Waals surface area contributed by atoms with Crippen molar-refractivity contribution in [2.75, 3.05) is 33.3 Å². The predicted octanol–water partition coefficient (Wildman–Crippen LogP) is 3.74. The first-order chi connectivity index (χ1) is 12.7. The number of benzene rings is 1. The van der Waals surface area contributed by atoms with Gasteiger partial charge >= 0.3 is 0 Å². The van der Waals surface area contributed by atoms with Crippen LogP contribution in [0, 0.1) is 5.92 Å². The predicted molar refractivity (Wildman–Crippen MR) is 106 cm³/mol. The Morgan fingerprint density at radius 1 is 1.08 bits per heavy atom. The molecule has 2 heterocycles. The summed E-state index contributed by atoms with van der Waals surface area (Å²) in [7, 11) is 1.74. The van der Waals surface area contributed by atoms with E-state index in [0.717, 1.165) is 51.2 Å². The molecule has 3 rings (SSSR count). The molecule has 1 atom stereocenters. The van der Waals surface area contributed by atoms with Crippen molar-refractivity contribution in [3.8, 4) is 5.75 Å². The number of carbonyl (C=O) groups is 1. The molecule has 144 valence electrons. The molecule has 26 heavy (non-hydrogen) atoms. The van der Waals surface area contributed by atoms with Crippen LogP contribution in [0.1, 0.15) is 51.0 Å². The summed E-state index contributed by atoms with van der Waals surface area (Å²) in [6.45, 7) is 6.07. The van der Waals surface area contributed by atoms with Gasteiger partial charge in [0.25, 0.3) is 0 Å². The summed E-state index contributed by atoms with van der Waals surface area (Å²) in [5, 5.41) is 0. The van der Waals surface area contributed by atoms with Crippen LogP contribution in [-0.4, -0.2) is 55.0 Å². The zero-order valence-corrected chi connectivity index (χ0v) is 16.5. The normalized spacial score (nSPS) is 21.2. The maximum absolute atomic E-state index is 12.9. The lowest BCUT2D eigenvalue weighted by atomic mass is 9.89. The van der Waals surface area contributed by atoms with Crippen molar-refractivity contribution < 1.29 is 9.53 Å². The van der Waals surface area contributed by atoms with Gasteiger partial charge in [0.2, 0.25) is 5.91 Å². The molecule has 0 spiro atoms. The SMILES string of the molecule is COc1ccccc1CC1CCN(C(=O)C(C)N2CCCCCC2)CC1. The van der Waals surface area contributed by atoms with Crippen molar-refractivity contribution in [1.82, 2.24) is 9.80 Å². The minimum atomic E-state index is 0.0406. The van der Waals surface area contributed by atoms with Crippen molar-refractivity contribution in [2.24, 2.45) is 5.92 Å². The summed E-state index contributed by atoms with van der Waals surface area (Å²) in [6.07, 6.45) is 8.33. The van der Waals surface area contributed by atoms with Crippen LogP contribution in [0.5, 0.6) is 5.75 Å². The van der Waals surface area contributed by atoms with Crippen molar-refractivity contribution in [3.63, 3.8) is 0 Å². The largest absolute Gasteiger partial charge is 0.496 e. The van der Waals surface area contributed by atoms with Crippen LogP contribution in [0.15, 0.2) is 24.3 Å². The average molecular weight is 359 g/mol. The number of ether oxygens (including phenoxy) is 1. The Morgan fingerprint density at radius 2 is 1.73 bits per heavy atom. The van der Waals surface area contributed by atoms with Gasteiger partial charge in [-0.25, -0.2) is 0 Å². The van der Waals surface area contributed by atoms with E-state index in [1.54, 1.807) is 7.11 Å². The molecule has 2 aliphatic heterocycles. The number of nitrogens with zero attached hydrogens (tertiary/aromatic N) is 2. The van der Waals surface area contributed by atoms with E-state index >= 15 is 0 Å². The Bertz CT molecular complexity index is 573. The van der Waals surface area contributed by atoms with E-state index in [2.05, 4.69) is 28.9 Å². The van der Waals surface area contributed by atoms with Crippen LogP contribution < -0.4 is 4.74 Å². The summed E-state index contributed by atoms with van der Waals surface area (Å²) >= 11 is 0. The van der Waals surface area contributed by atoms with Crippen molar-refractivity contribution >= 4 is 5.91 Å². The number of piperidine rings is 1. The number of rotatable bonds is 5. The molecular formula is C22H34N2O2. The Kier molecular flexibility index (Phi) is 6.95. The van der Waals surface area contributed by atoms with E-state index in [9.17, 15) is 4.79 Å². The van der Waals surface area contributed by atoms with Crippen molar-refractivity contribution in [2.45, 2.75) is 57.9 Å². The minimum Gasteiger partial charge on any atom is -0.496 e. The number of likely N-dealkylation sites (tertiary alicyclic amines) is 2. The second-order valence-electron chi connectivity index (χ2n) is 7.91. The first kappa shape index (κ1) is 19.2. The molecule has 1 unspecified atom stereocenters. The molecular weight excluding hydrogens is 324 g/mol. The lowest BCUT2D eigenvalue weighted by molar-refractivity contribution is -0.137. The van der Waals surface area contributed by atoms with Gasteiger partial charge in [-0.1, -0.05) is 31.0 Å². The van der Waals surface area contributed by atoms with E-state index < -0.39 is 0 Å². The van der Waals surface area contributed by atoms with Crippen LogP contribution in [0.25, 0.3) is 0 Å². The Morgan fingerprint density at radius 3 is 2.38 bits per heavy atom. The third-order valence-electron chi connectivity index (χ3n) is 6.17. The molecule has 0 N–H and O–H groups in total. The standard InChI is InChI=1S/C22H34N2O2/c1-18(23-13-7-3-4-8-14-23)22(25)24-15-11-19(12-16-24)17-20-9-5-6-10-21(20)26-2/h5-6,9-10,18-19H,3-4,7-8,11-17H2,1-2H3. The smallest absolute Gasteiger partial charge is 0.239 e. The fourth-order valence-corrected chi connectivity index (χ4v) is 4.44. The van der Waals surface area contributed by atoms with Crippen LogP contribution in [0.2, 0.25) is 0 Å². The highest BCUT2D eigenvalue weighted by Gasteiger charge is 2.29. The van der Waals surface area contributed by atoms with Gasteiger partial charge in [-0.2, -0.15) is 0 Å². The minimum absolute atomic E-state index is 0.0406. The van der Waals surface area contributed by atoms with Crippen LogP contribution in [0.4, 0.5) is 0 Å². The average Bonchev–Trinajstić information content (AvgIpc) is 2.97. The third kappa shape index (κ3) is 4.79. The van der Waals surface area contributed by atoms with Gasteiger partial charge in [-0.15, -0.1) is 0 Å². The molecule has 2 fully saturated rings. The fraction of sp³-hybridized carbons (Fsp3) is 0.682. The molecule has 0 aromatic heterocycles. The van der Waals surface area contributed by atoms with Gasteiger partial charge in [0.15, 0.2) is 0 Å². The summed E-state index contributed by atoms with van der Waals surface area (Å²) in [5.41, 5.74) is 1.29. The number of hydrogen-bond acceptors (Lipinski definition) is 3. The molecule has 0 radical (unpaired) electrons. The Hall–Kier alpha value is -1.55. The van der Waals surface area contributed by atoms with Gasteiger partial charge in [0.05, 0.1) is 13.2 Å². The number of methoxy groups -OCH3 is 1. The number of para-hydroxylation sites is 1. The van der Waals surface area contributed by atoms with E-state index in [-0.39, 0.29) is 6.04 Å². The number of carbonyl (C=O) groups excluding carboxylic acids is 1. The first-order valence-electron chi connectivity index (χ1n) is 10.3. The molecule has 2 aliphatic rings. The van der Waals surface area contributed by atoms with E-state index in [0.29, 0.717) is 11.8 Å². The zero-order valence-electron chi connectivity index (χ0n) is 16.5. The van der Waals surface area contributed by atoms with Gasteiger partial charge in [-0.05, 0) is 69.7 Å². The first-order valence-corrected chi connectivity index (χ1v) is 10.3. The van der Waals surface area contributed by atoms with Crippen LogP contribution in [0.3, 0.4) is 0 Å². The summed E-state index contributed by atoms with van der Waals surface area (Å²) in [6, 6.07) is 8.35. The van der Waals surface area contributed by atoms with Gasteiger partial charge in [0, 0.05) is 13.1 Å². The number of amides is 1. The van der Waals surface area contributed by atoms with Crippen molar-refractivity contribution in [3.05, 3.63) is 29.8 Å². The fourth-order valence-electron chi connectivity index (χ4n) is 4.44. The maximum atomic E-state index is 12.9. The van der Waals surface area contributed by atoms with Crippen LogP contribution >= 0.6 is 0 Å². The second kappa shape index (κ2) is 9.40. The molecule has 1 aromatic rings. The van der Waals surface area contributed by atoms with Crippen molar-refractivity contribution in [1.29, 1.82) is 0 Å². The molecule has 0 aliphatic carbocycles. The summed E-state index contributed by atoms with van der Waals surface area (Å²) in [4.78, 5) is 17.4.